The predicted molar refractivity (Wildman–Crippen MR) is 91.4 cm³/mol. The minimum absolute atomic E-state index is 0.0932. The fourth-order valence-electron chi connectivity index (χ4n) is 2.70. The molecule has 0 radical (unpaired) electrons. The van der Waals surface area contributed by atoms with E-state index < -0.39 is 0 Å². The smallest absolute Gasteiger partial charge is 0.268 e. The fraction of sp³-hybridized carbons (Fsp3) is 0.421. The van der Waals surface area contributed by atoms with E-state index in [4.69, 9.17) is 0 Å². The summed E-state index contributed by atoms with van der Waals surface area (Å²) in [5.41, 5.74) is 4.25. The van der Waals surface area contributed by atoms with Crippen molar-refractivity contribution in [2.45, 2.75) is 53.6 Å². The predicted octanol–water partition coefficient (Wildman–Crippen LogP) is 4.13. The van der Waals surface area contributed by atoms with Gasteiger partial charge >= 0.3 is 0 Å². The van der Waals surface area contributed by atoms with Gasteiger partial charge in [-0.3, -0.25) is 4.79 Å². The van der Waals surface area contributed by atoms with Crippen LogP contribution in [0.2, 0.25) is 0 Å². The normalized spacial score (nSPS) is 12.3. The Kier molecular flexibility index (Phi) is 5.24. The number of hydrogen-bond donors (Lipinski definition) is 1. The molecule has 0 aliphatic heterocycles. The number of hydrogen-bond acceptors (Lipinski definition) is 1. The Hall–Kier alpha value is -2.10. The van der Waals surface area contributed by atoms with E-state index in [-0.39, 0.29) is 17.8 Å². The Labute approximate surface area is 137 Å². The molecular formula is C19H25FN2O. The molecule has 4 heteroatoms. The van der Waals surface area contributed by atoms with Crippen LogP contribution in [-0.4, -0.2) is 16.5 Å². The third kappa shape index (κ3) is 3.46. The first kappa shape index (κ1) is 17.3. The molecule has 1 aromatic heterocycles. The van der Waals surface area contributed by atoms with E-state index in [2.05, 4.69) is 5.32 Å². The highest BCUT2D eigenvalue weighted by Gasteiger charge is 2.22. The fourth-order valence-corrected chi connectivity index (χ4v) is 2.70. The summed E-state index contributed by atoms with van der Waals surface area (Å²) in [6, 6.07) is 6.81. The molecule has 124 valence electrons. The molecule has 1 heterocycles. The maximum atomic E-state index is 14.0. The van der Waals surface area contributed by atoms with Crippen molar-refractivity contribution in [3.63, 3.8) is 0 Å². The topological polar surface area (TPSA) is 34.0 Å². The molecular weight excluding hydrogens is 291 g/mol. The molecule has 1 N–H and O–H groups in total. The molecule has 1 aromatic carbocycles. The van der Waals surface area contributed by atoms with E-state index in [1.807, 2.05) is 45.3 Å². The molecule has 1 atom stereocenters. The van der Waals surface area contributed by atoms with Crippen LogP contribution < -0.4 is 5.32 Å². The van der Waals surface area contributed by atoms with Crippen LogP contribution in [0.4, 0.5) is 4.39 Å². The molecule has 0 saturated heterocycles. The van der Waals surface area contributed by atoms with Gasteiger partial charge in [0.1, 0.15) is 11.5 Å². The average Bonchev–Trinajstić information content (AvgIpc) is 2.73. The van der Waals surface area contributed by atoms with Gasteiger partial charge < -0.3 is 9.88 Å². The zero-order chi connectivity index (χ0) is 17.1. The Bertz CT molecular complexity index is 718. The van der Waals surface area contributed by atoms with E-state index in [0.717, 1.165) is 23.2 Å². The van der Waals surface area contributed by atoms with Gasteiger partial charge in [-0.05, 0) is 51.3 Å². The highest BCUT2D eigenvalue weighted by atomic mass is 19.1. The molecule has 0 spiro atoms. The van der Waals surface area contributed by atoms with Crippen LogP contribution in [0, 0.1) is 26.6 Å². The van der Waals surface area contributed by atoms with Crippen LogP contribution in [0.25, 0.3) is 0 Å². The monoisotopic (exact) mass is 316 g/mol. The van der Waals surface area contributed by atoms with Crippen LogP contribution in [0.15, 0.2) is 24.3 Å². The zero-order valence-corrected chi connectivity index (χ0v) is 14.5. The van der Waals surface area contributed by atoms with Gasteiger partial charge in [-0.1, -0.05) is 25.1 Å². The molecule has 0 unspecified atom stereocenters. The van der Waals surface area contributed by atoms with Crippen molar-refractivity contribution < 1.29 is 9.18 Å². The first-order chi connectivity index (χ1) is 10.9. The van der Waals surface area contributed by atoms with Gasteiger partial charge in [-0.25, -0.2) is 4.39 Å². The summed E-state index contributed by atoms with van der Waals surface area (Å²) >= 11 is 0. The molecule has 3 nitrogen and oxygen atoms in total. The zero-order valence-electron chi connectivity index (χ0n) is 14.5. The Morgan fingerprint density at radius 1 is 1.22 bits per heavy atom. The Morgan fingerprint density at radius 2 is 1.87 bits per heavy atom. The second-order valence-electron chi connectivity index (χ2n) is 6.14. The lowest BCUT2D eigenvalue weighted by molar-refractivity contribution is 0.0929. The number of amides is 1. The standard InChI is InChI=1S/C19H25FN2O/c1-6-12(2)21-19(23)18-14(4)13(3)15(5)22(18)11-16-9-7-8-10-17(16)20/h7-10,12H,6,11H2,1-5H3,(H,21,23)/t12-/m1/s1. The van der Waals surface area contributed by atoms with Gasteiger partial charge in [0.2, 0.25) is 0 Å². The minimum Gasteiger partial charge on any atom is -0.348 e. The molecule has 2 rings (SSSR count). The third-order valence-corrected chi connectivity index (χ3v) is 4.63. The molecule has 0 fully saturated rings. The number of nitrogens with one attached hydrogen (secondary N) is 1. The number of rotatable bonds is 5. The van der Waals surface area contributed by atoms with Crippen LogP contribution in [0.5, 0.6) is 0 Å². The van der Waals surface area contributed by atoms with Crippen molar-refractivity contribution in [2.75, 3.05) is 0 Å². The first-order valence-corrected chi connectivity index (χ1v) is 8.07. The average molecular weight is 316 g/mol. The highest BCUT2D eigenvalue weighted by Crippen LogP contribution is 2.23. The number of carbonyl (C=O) groups is 1. The quantitative estimate of drug-likeness (QED) is 0.884. The molecule has 0 bridgehead atoms. The molecule has 23 heavy (non-hydrogen) atoms. The van der Waals surface area contributed by atoms with Crippen molar-refractivity contribution in [3.8, 4) is 0 Å². The van der Waals surface area contributed by atoms with Crippen molar-refractivity contribution in [2.24, 2.45) is 0 Å². The maximum Gasteiger partial charge on any atom is 0.268 e. The maximum absolute atomic E-state index is 14.0. The second-order valence-corrected chi connectivity index (χ2v) is 6.14. The first-order valence-electron chi connectivity index (χ1n) is 8.07. The summed E-state index contributed by atoms with van der Waals surface area (Å²) in [6.45, 7) is 10.3. The van der Waals surface area contributed by atoms with Gasteiger partial charge in [-0.2, -0.15) is 0 Å². The Balaban J connectivity index is 2.45. The number of aromatic nitrogens is 1. The number of nitrogens with zero attached hydrogens (tertiary/aromatic N) is 1. The summed E-state index contributed by atoms with van der Waals surface area (Å²) in [5, 5.41) is 3.01. The van der Waals surface area contributed by atoms with E-state index in [1.165, 1.54) is 6.07 Å². The molecule has 2 aromatic rings. The molecule has 0 aliphatic carbocycles. The van der Waals surface area contributed by atoms with E-state index >= 15 is 0 Å². The lowest BCUT2D eigenvalue weighted by atomic mass is 10.1. The number of halogens is 1. The largest absolute Gasteiger partial charge is 0.348 e. The summed E-state index contributed by atoms with van der Waals surface area (Å²) in [5.74, 6) is -0.339. The van der Waals surface area contributed by atoms with Crippen LogP contribution >= 0.6 is 0 Å². The lowest BCUT2D eigenvalue weighted by Crippen LogP contribution is -2.34. The second kappa shape index (κ2) is 6.99. The van der Waals surface area contributed by atoms with Crippen molar-refractivity contribution in [1.82, 2.24) is 9.88 Å². The SMILES string of the molecule is CC[C@@H](C)NC(=O)c1c(C)c(C)c(C)n1Cc1ccccc1F. The van der Waals surface area contributed by atoms with Gasteiger partial charge in [0.05, 0.1) is 6.54 Å². The lowest BCUT2D eigenvalue weighted by Gasteiger charge is -2.16. The summed E-state index contributed by atoms with van der Waals surface area (Å²) < 4.78 is 15.9. The van der Waals surface area contributed by atoms with E-state index in [0.29, 0.717) is 17.8 Å². The van der Waals surface area contributed by atoms with Gasteiger partial charge in [-0.15, -0.1) is 0 Å². The summed E-state index contributed by atoms with van der Waals surface area (Å²) in [7, 11) is 0. The van der Waals surface area contributed by atoms with E-state index in [9.17, 15) is 9.18 Å². The minimum atomic E-state index is -0.246. The summed E-state index contributed by atoms with van der Waals surface area (Å²) in [6.07, 6.45) is 0.872. The van der Waals surface area contributed by atoms with Gasteiger partial charge in [0, 0.05) is 17.3 Å². The van der Waals surface area contributed by atoms with Crippen molar-refractivity contribution >= 4 is 5.91 Å². The molecule has 0 saturated carbocycles. The number of benzene rings is 1. The van der Waals surface area contributed by atoms with Gasteiger partial charge in [0.15, 0.2) is 0 Å². The van der Waals surface area contributed by atoms with Crippen LogP contribution in [-0.2, 0) is 6.54 Å². The van der Waals surface area contributed by atoms with Gasteiger partial charge in [0.25, 0.3) is 5.91 Å². The highest BCUT2D eigenvalue weighted by molar-refractivity contribution is 5.95. The molecule has 1 amide bonds. The Morgan fingerprint density at radius 3 is 2.48 bits per heavy atom. The van der Waals surface area contributed by atoms with Crippen molar-refractivity contribution in [3.05, 3.63) is 58.2 Å². The van der Waals surface area contributed by atoms with E-state index in [1.54, 1.807) is 12.1 Å². The summed E-state index contributed by atoms with van der Waals surface area (Å²) in [4.78, 5) is 12.7. The van der Waals surface area contributed by atoms with Crippen LogP contribution in [0.1, 0.15) is 53.1 Å². The third-order valence-electron chi connectivity index (χ3n) is 4.63. The van der Waals surface area contributed by atoms with Crippen LogP contribution in [0.3, 0.4) is 0 Å². The van der Waals surface area contributed by atoms with Crippen molar-refractivity contribution in [1.29, 1.82) is 0 Å². The number of carbonyl (C=O) groups excluding carboxylic acids is 1. The molecule has 0 aliphatic rings.